The lowest BCUT2D eigenvalue weighted by molar-refractivity contribution is 0.186. The van der Waals surface area contributed by atoms with E-state index in [1.54, 1.807) is 0 Å². The molecule has 0 aliphatic heterocycles. The first-order chi connectivity index (χ1) is 12.5. The Hall–Kier alpha value is -1.94. The molecular weight excluding hydrogens is 346 g/mol. The van der Waals surface area contributed by atoms with Crippen molar-refractivity contribution in [1.82, 2.24) is 14.8 Å². The number of urea groups is 1. The molecule has 2 rings (SSSR count). The van der Waals surface area contributed by atoms with Gasteiger partial charge in [0.05, 0.1) is 6.54 Å². The number of hydrogen-bond acceptors (Lipinski definition) is 1. The summed E-state index contributed by atoms with van der Waals surface area (Å²) in [6, 6.07) is 12.0. The van der Waals surface area contributed by atoms with Crippen LogP contribution in [-0.2, 0) is 13.1 Å². The van der Waals surface area contributed by atoms with Crippen LogP contribution in [0, 0.1) is 5.92 Å². The number of aromatic nitrogens is 1. The fraction of sp³-hybridized carbons (Fsp3) is 0.476. The molecule has 4 nitrogen and oxygen atoms in total. The van der Waals surface area contributed by atoms with Gasteiger partial charge in [-0.25, -0.2) is 4.79 Å². The highest BCUT2D eigenvalue weighted by molar-refractivity contribution is 6.31. The SMILES string of the molecule is CCCCNC(=O)N(Cc1cccn1Cc1ccccc1Cl)CC(C)C. The zero-order valence-corrected chi connectivity index (χ0v) is 16.8. The number of hydrogen-bond donors (Lipinski definition) is 1. The molecule has 0 bridgehead atoms. The van der Waals surface area contributed by atoms with Gasteiger partial charge < -0.3 is 14.8 Å². The number of carbonyl (C=O) groups is 1. The molecule has 1 aromatic carbocycles. The first-order valence-corrected chi connectivity index (χ1v) is 9.79. The summed E-state index contributed by atoms with van der Waals surface area (Å²) in [5.41, 5.74) is 2.19. The van der Waals surface area contributed by atoms with E-state index in [2.05, 4.69) is 36.7 Å². The summed E-state index contributed by atoms with van der Waals surface area (Å²) < 4.78 is 2.16. The van der Waals surface area contributed by atoms with Crippen molar-refractivity contribution in [2.24, 2.45) is 5.92 Å². The number of amides is 2. The van der Waals surface area contributed by atoms with Gasteiger partial charge in [0.1, 0.15) is 0 Å². The van der Waals surface area contributed by atoms with Crippen molar-refractivity contribution in [3.8, 4) is 0 Å². The molecule has 1 heterocycles. The quantitative estimate of drug-likeness (QED) is 0.604. The van der Waals surface area contributed by atoms with E-state index in [1.165, 1.54) is 0 Å². The molecule has 26 heavy (non-hydrogen) atoms. The molecule has 0 atom stereocenters. The largest absolute Gasteiger partial charge is 0.345 e. The molecule has 0 saturated carbocycles. The first-order valence-electron chi connectivity index (χ1n) is 9.41. The molecule has 0 radical (unpaired) electrons. The summed E-state index contributed by atoms with van der Waals surface area (Å²) in [4.78, 5) is 14.5. The minimum atomic E-state index is 0.0117. The molecule has 1 aromatic heterocycles. The monoisotopic (exact) mass is 375 g/mol. The zero-order valence-electron chi connectivity index (χ0n) is 16.0. The van der Waals surface area contributed by atoms with Crippen molar-refractivity contribution in [2.45, 2.75) is 46.7 Å². The minimum Gasteiger partial charge on any atom is -0.345 e. The van der Waals surface area contributed by atoms with Crippen LogP contribution in [0.1, 0.15) is 44.9 Å². The van der Waals surface area contributed by atoms with Crippen LogP contribution in [0.4, 0.5) is 4.79 Å². The average molecular weight is 376 g/mol. The number of unbranched alkanes of at least 4 members (excludes halogenated alkanes) is 1. The molecule has 0 unspecified atom stereocenters. The normalized spacial score (nSPS) is 11.0. The maximum atomic E-state index is 12.6. The van der Waals surface area contributed by atoms with Crippen LogP contribution in [0.2, 0.25) is 5.02 Å². The van der Waals surface area contributed by atoms with E-state index in [-0.39, 0.29) is 6.03 Å². The van der Waals surface area contributed by atoms with Crippen molar-refractivity contribution in [3.63, 3.8) is 0 Å². The van der Waals surface area contributed by atoms with Gasteiger partial charge in [0.15, 0.2) is 0 Å². The number of nitrogens with one attached hydrogen (secondary N) is 1. The second kappa shape index (κ2) is 10.3. The highest BCUT2D eigenvalue weighted by Gasteiger charge is 2.17. The predicted molar refractivity (Wildman–Crippen MR) is 109 cm³/mol. The van der Waals surface area contributed by atoms with E-state index < -0.39 is 0 Å². The lowest BCUT2D eigenvalue weighted by Crippen LogP contribution is -2.42. The van der Waals surface area contributed by atoms with Crippen molar-refractivity contribution in [1.29, 1.82) is 0 Å². The third kappa shape index (κ3) is 6.10. The lowest BCUT2D eigenvalue weighted by atomic mass is 10.2. The number of benzene rings is 1. The van der Waals surface area contributed by atoms with E-state index >= 15 is 0 Å². The van der Waals surface area contributed by atoms with Crippen LogP contribution >= 0.6 is 11.6 Å². The molecule has 0 aliphatic rings. The topological polar surface area (TPSA) is 37.3 Å². The maximum absolute atomic E-state index is 12.6. The van der Waals surface area contributed by atoms with Gasteiger partial charge in [-0.1, -0.05) is 57.0 Å². The summed E-state index contributed by atoms with van der Waals surface area (Å²) in [7, 11) is 0. The van der Waals surface area contributed by atoms with Gasteiger partial charge in [-0.15, -0.1) is 0 Å². The highest BCUT2D eigenvalue weighted by atomic mass is 35.5. The van der Waals surface area contributed by atoms with E-state index in [4.69, 9.17) is 11.6 Å². The average Bonchev–Trinajstić information content (AvgIpc) is 3.03. The van der Waals surface area contributed by atoms with Gasteiger partial charge in [-0.2, -0.15) is 0 Å². The maximum Gasteiger partial charge on any atom is 0.317 e. The Bertz CT molecular complexity index is 696. The molecular formula is C21H30ClN3O. The second-order valence-electron chi connectivity index (χ2n) is 7.08. The van der Waals surface area contributed by atoms with Gasteiger partial charge in [0.2, 0.25) is 0 Å². The van der Waals surface area contributed by atoms with Gasteiger partial charge in [-0.3, -0.25) is 0 Å². The number of halogens is 1. The van der Waals surface area contributed by atoms with Gasteiger partial charge in [0, 0.05) is 36.5 Å². The standard InChI is InChI=1S/C21H30ClN3O/c1-4-5-12-23-21(26)25(14-17(2)3)16-19-10-8-13-24(19)15-18-9-6-7-11-20(18)22/h6-11,13,17H,4-5,12,14-16H2,1-3H3,(H,23,26). The molecule has 0 fully saturated rings. The molecule has 1 N–H and O–H groups in total. The van der Waals surface area contributed by atoms with Crippen molar-refractivity contribution < 1.29 is 4.79 Å². The Morgan fingerprint density at radius 1 is 1.23 bits per heavy atom. The van der Waals surface area contributed by atoms with E-state index in [0.29, 0.717) is 19.0 Å². The first kappa shape index (κ1) is 20.4. The van der Waals surface area contributed by atoms with Crippen LogP contribution in [0.5, 0.6) is 0 Å². The number of rotatable bonds is 9. The van der Waals surface area contributed by atoms with Crippen LogP contribution in [0.15, 0.2) is 42.6 Å². The molecule has 0 saturated heterocycles. The van der Waals surface area contributed by atoms with Crippen LogP contribution in [-0.4, -0.2) is 28.6 Å². The minimum absolute atomic E-state index is 0.0117. The molecule has 0 spiro atoms. The Kier molecular flexibility index (Phi) is 8.05. The smallest absolute Gasteiger partial charge is 0.317 e. The van der Waals surface area contributed by atoms with Crippen LogP contribution in [0.3, 0.4) is 0 Å². The predicted octanol–water partition coefficient (Wildman–Crippen LogP) is 5.16. The van der Waals surface area contributed by atoms with E-state index in [9.17, 15) is 4.79 Å². The van der Waals surface area contributed by atoms with Crippen LogP contribution in [0.25, 0.3) is 0 Å². The fourth-order valence-electron chi connectivity index (χ4n) is 2.90. The Morgan fingerprint density at radius 3 is 2.69 bits per heavy atom. The Morgan fingerprint density at radius 2 is 2.00 bits per heavy atom. The molecule has 142 valence electrons. The summed E-state index contributed by atoms with van der Waals surface area (Å²) in [6.07, 6.45) is 4.12. The van der Waals surface area contributed by atoms with Crippen molar-refractivity contribution in [2.75, 3.05) is 13.1 Å². The third-order valence-electron chi connectivity index (χ3n) is 4.25. The molecule has 2 amide bonds. The fourth-order valence-corrected chi connectivity index (χ4v) is 3.09. The van der Waals surface area contributed by atoms with Gasteiger partial charge >= 0.3 is 6.03 Å². The van der Waals surface area contributed by atoms with E-state index in [1.807, 2.05) is 41.4 Å². The van der Waals surface area contributed by atoms with Crippen molar-refractivity contribution in [3.05, 3.63) is 58.9 Å². The van der Waals surface area contributed by atoms with Gasteiger partial charge in [-0.05, 0) is 36.1 Å². The lowest BCUT2D eigenvalue weighted by Gasteiger charge is -2.25. The summed E-state index contributed by atoms with van der Waals surface area (Å²) in [5.74, 6) is 0.416. The molecule has 0 aliphatic carbocycles. The molecule has 2 aromatic rings. The highest BCUT2D eigenvalue weighted by Crippen LogP contribution is 2.18. The number of nitrogens with zero attached hydrogens (tertiary/aromatic N) is 2. The molecule has 5 heteroatoms. The Labute approximate surface area is 162 Å². The zero-order chi connectivity index (χ0) is 18.9. The third-order valence-corrected chi connectivity index (χ3v) is 4.62. The second-order valence-corrected chi connectivity index (χ2v) is 7.49. The number of carbonyl (C=O) groups excluding carboxylic acids is 1. The summed E-state index contributed by atoms with van der Waals surface area (Å²) in [5, 5.41) is 3.80. The summed E-state index contributed by atoms with van der Waals surface area (Å²) >= 11 is 6.30. The van der Waals surface area contributed by atoms with E-state index in [0.717, 1.165) is 42.2 Å². The van der Waals surface area contributed by atoms with Gasteiger partial charge in [0.25, 0.3) is 0 Å². The summed E-state index contributed by atoms with van der Waals surface area (Å²) in [6.45, 7) is 9.15. The van der Waals surface area contributed by atoms with Crippen molar-refractivity contribution >= 4 is 17.6 Å². The van der Waals surface area contributed by atoms with Crippen LogP contribution < -0.4 is 5.32 Å². The Balaban J connectivity index is 2.09.